The molecular formula is C23H32N4O4S. The molecule has 2 fully saturated rings. The molecule has 3 heterocycles. The first-order valence-electron chi connectivity index (χ1n) is 11.4. The van der Waals surface area contributed by atoms with Crippen molar-refractivity contribution in [3.05, 3.63) is 53.3 Å². The number of amides is 1. The summed E-state index contributed by atoms with van der Waals surface area (Å²) in [5, 5.41) is 2.86. The van der Waals surface area contributed by atoms with Gasteiger partial charge in [-0.1, -0.05) is 37.1 Å². The number of aromatic nitrogens is 1. The quantitative estimate of drug-likeness (QED) is 0.661. The number of H-pyrrole nitrogens is 1. The Morgan fingerprint density at radius 1 is 0.969 bits per heavy atom. The van der Waals surface area contributed by atoms with Crippen LogP contribution in [0, 0.1) is 0 Å². The molecule has 2 aromatic rings. The minimum absolute atomic E-state index is 0.0995. The van der Waals surface area contributed by atoms with Gasteiger partial charge in [0.25, 0.3) is 5.91 Å². The van der Waals surface area contributed by atoms with Gasteiger partial charge in [-0.2, -0.15) is 4.31 Å². The molecule has 2 saturated heterocycles. The normalized spacial score (nSPS) is 18.9. The van der Waals surface area contributed by atoms with E-state index in [1.165, 1.54) is 47.8 Å². The molecule has 1 aromatic heterocycles. The van der Waals surface area contributed by atoms with E-state index in [2.05, 4.69) is 27.3 Å². The fourth-order valence-electron chi connectivity index (χ4n) is 4.18. The first-order chi connectivity index (χ1) is 15.5. The number of sulfonamides is 1. The number of nitrogens with one attached hydrogen (secondary N) is 2. The van der Waals surface area contributed by atoms with Crippen LogP contribution in [-0.2, 0) is 27.8 Å². The van der Waals surface area contributed by atoms with Crippen molar-refractivity contribution >= 4 is 15.9 Å². The molecule has 0 unspecified atom stereocenters. The third-order valence-electron chi connectivity index (χ3n) is 6.09. The van der Waals surface area contributed by atoms with Crippen molar-refractivity contribution in [2.75, 3.05) is 39.4 Å². The van der Waals surface area contributed by atoms with Crippen molar-refractivity contribution in [3.8, 4) is 0 Å². The van der Waals surface area contributed by atoms with Gasteiger partial charge in [0.15, 0.2) is 0 Å². The highest BCUT2D eigenvalue weighted by Crippen LogP contribution is 2.18. The molecule has 1 amide bonds. The zero-order chi connectivity index (χ0) is 22.4. The minimum atomic E-state index is -3.62. The number of hydrogen-bond donors (Lipinski definition) is 2. The predicted octanol–water partition coefficient (Wildman–Crippen LogP) is 2.34. The summed E-state index contributed by atoms with van der Waals surface area (Å²) in [6.07, 6.45) is 6.58. The monoisotopic (exact) mass is 460 g/mol. The Morgan fingerprint density at radius 2 is 1.62 bits per heavy atom. The molecule has 2 aliphatic rings. The molecule has 174 valence electrons. The van der Waals surface area contributed by atoms with Crippen LogP contribution in [0.25, 0.3) is 0 Å². The Labute approximate surface area is 190 Å². The van der Waals surface area contributed by atoms with Crippen LogP contribution in [0.15, 0.2) is 41.4 Å². The summed E-state index contributed by atoms with van der Waals surface area (Å²) in [7, 11) is -3.62. The van der Waals surface area contributed by atoms with Crippen LogP contribution in [0.1, 0.15) is 47.3 Å². The number of ether oxygens (including phenoxy) is 1. The number of hydrogen-bond acceptors (Lipinski definition) is 5. The second-order valence-electron chi connectivity index (χ2n) is 8.46. The van der Waals surface area contributed by atoms with Crippen molar-refractivity contribution in [3.63, 3.8) is 0 Å². The number of benzene rings is 1. The Balaban J connectivity index is 1.30. The van der Waals surface area contributed by atoms with E-state index in [0.29, 0.717) is 32.8 Å². The molecule has 0 spiro atoms. The second-order valence-corrected chi connectivity index (χ2v) is 10.4. The molecule has 32 heavy (non-hydrogen) atoms. The molecule has 1 aromatic carbocycles. The van der Waals surface area contributed by atoms with E-state index in [1.54, 1.807) is 0 Å². The zero-order valence-corrected chi connectivity index (χ0v) is 19.2. The third-order valence-corrected chi connectivity index (χ3v) is 7.97. The van der Waals surface area contributed by atoms with Gasteiger partial charge in [-0.05, 0) is 43.1 Å². The first-order valence-corrected chi connectivity index (χ1v) is 12.8. The highest BCUT2D eigenvalue weighted by Gasteiger charge is 2.27. The summed E-state index contributed by atoms with van der Waals surface area (Å²) in [5.74, 6) is -0.331. The lowest BCUT2D eigenvalue weighted by Crippen LogP contribution is -2.40. The van der Waals surface area contributed by atoms with Gasteiger partial charge in [0, 0.05) is 32.4 Å². The summed E-state index contributed by atoms with van der Waals surface area (Å²) in [6.45, 7) is 5.09. The Hall–Kier alpha value is -2.20. The number of nitrogens with zero attached hydrogens (tertiary/aromatic N) is 2. The van der Waals surface area contributed by atoms with Crippen molar-refractivity contribution in [2.24, 2.45) is 0 Å². The van der Waals surface area contributed by atoms with Crippen molar-refractivity contribution in [2.45, 2.75) is 43.7 Å². The van der Waals surface area contributed by atoms with E-state index in [4.69, 9.17) is 4.74 Å². The minimum Gasteiger partial charge on any atom is -0.379 e. The molecule has 8 nitrogen and oxygen atoms in total. The molecule has 0 radical (unpaired) electrons. The standard InChI is InChI=1S/C23H32N4O4S/c28-23(22-15-21(17-24-22)32(29,30)27-11-13-31-14-12-27)25-16-19-5-7-20(8-6-19)18-26-9-3-1-2-4-10-26/h5-8,15,17,24H,1-4,9-14,16,18H2,(H,25,28). The lowest BCUT2D eigenvalue weighted by atomic mass is 10.1. The summed E-state index contributed by atoms with van der Waals surface area (Å²) >= 11 is 0. The van der Waals surface area contributed by atoms with Gasteiger partial charge in [-0.15, -0.1) is 0 Å². The van der Waals surface area contributed by atoms with E-state index >= 15 is 0 Å². The van der Waals surface area contributed by atoms with Gasteiger partial charge >= 0.3 is 0 Å². The molecular weight excluding hydrogens is 428 g/mol. The number of morpholine rings is 1. The van der Waals surface area contributed by atoms with Crippen LogP contribution in [-0.4, -0.2) is 67.9 Å². The number of carbonyl (C=O) groups excluding carboxylic acids is 1. The summed E-state index contributed by atoms with van der Waals surface area (Å²) in [5.41, 5.74) is 2.52. The average Bonchev–Trinajstić information content (AvgIpc) is 3.19. The second kappa shape index (κ2) is 10.6. The summed E-state index contributed by atoms with van der Waals surface area (Å²) in [4.78, 5) is 17.9. The zero-order valence-electron chi connectivity index (χ0n) is 18.4. The molecule has 2 N–H and O–H groups in total. The predicted molar refractivity (Wildman–Crippen MR) is 122 cm³/mol. The van der Waals surface area contributed by atoms with Gasteiger partial charge < -0.3 is 15.0 Å². The first kappa shape index (κ1) is 23.0. The molecule has 9 heteroatoms. The highest BCUT2D eigenvalue weighted by molar-refractivity contribution is 7.89. The van der Waals surface area contributed by atoms with Gasteiger partial charge in [0.1, 0.15) is 10.6 Å². The maximum atomic E-state index is 12.7. The Kier molecular flexibility index (Phi) is 7.62. The molecule has 0 saturated carbocycles. The smallest absolute Gasteiger partial charge is 0.268 e. The Morgan fingerprint density at radius 3 is 2.31 bits per heavy atom. The van der Waals surface area contributed by atoms with Gasteiger partial charge in [-0.25, -0.2) is 8.42 Å². The molecule has 0 bridgehead atoms. The molecule has 4 rings (SSSR count). The summed E-state index contributed by atoms with van der Waals surface area (Å²) in [6, 6.07) is 9.71. The van der Waals surface area contributed by atoms with Gasteiger partial charge in [0.05, 0.1) is 13.2 Å². The number of likely N-dealkylation sites (tertiary alicyclic amines) is 1. The van der Waals surface area contributed by atoms with Crippen LogP contribution in [0.4, 0.5) is 0 Å². The lowest BCUT2D eigenvalue weighted by molar-refractivity contribution is 0.0730. The van der Waals surface area contributed by atoms with Crippen molar-refractivity contribution in [1.29, 1.82) is 0 Å². The number of aromatic amines is 1. The van der Waals surface area contributed by atoms with Crippen LogP contribution in [0.5, 0.6) is 0 Å². The van der Waals surface area contributed by atoms with E-state index in [-0.39, 0.29) is 16.5 Å². The van der Waals surface area contributed by atoms with Crippen LogP contribution >= 0.6 is 0 Å². The van der Waals surface area contributed by atoms with E-state index in [1.807, 2.05) is 12.1 Å². The van der Waals surface area contributed by atoms with E-state index < -0.39 is 10.0 Å². The number of carbonyl (C=O) groups is 1. The summed E-state index contributed by atoms with van der Waals surface area (Å²) < 4.78 is 32.0. The fourth-order valence-corrected chi connectivity index (χ4v) is 5.59. The Bertz CT molecular complexity index is 989. The number of rotatable bonds is 7. The highest BCUT2D eigenvalue weighted by atomic mass is 32.2. The van der Waals surface area contributed by atoms with E-state index in [0.717, 1.165) is 25.2 Å². The van der Waals surface area contributed by atoms with Crippen LogP contribution in [0.3, 0.4) is 0 Å². The van der Waals surface area contributed by atoms with Gasteiger partial charge in [-0.3, -0.25) is 9.69 Å². The lowest BCUT2D eigenvalue weighted by Gasteiger charge is -2.25. The molecule has 0 atom stereocenters. The fraction of sp³-hybridized carbons (Fsp3) is 0.522. The third kappa shape index (κ3) is 5.78. The molecule has 0 aliphatic carbocycles. The van der Waals surface area contributed by atoms with Crippen LogP contribution in [0.2, 0.25) is 0 Å². The average molecular weight is 461 g/mol. The largest absolute Gasteiger partial charge is 0.379 e. The van der Waals surface area contributed by atoms with Gasteiger partial charge in [0.2, 0.25) is 10.0 Å². The maximum Gasteiger partial charge on any atom is 0.268 e. The topological polar surface area (TPSA) is 94.7 Å². The van der Waals surface area contributed by atoms with E-state index in [9.17, 15) is 13.2 Å². The van der Waals surface area contributed by atoms with Crippen molar-refractivity contribution < 1.29 is 17.9 Å². The molecule has 2 aliphatic heterocycles. The van der Waals surface area contributed by atoms with Crippen LogP contribution < -0.4 is 5.32 Å². The maximum absolute atomic E-state index is 12.7. The SMILES string of the molecule is O=C(NCc1ccc(CN2CCCCCC2)cc1)c1cc(S(=O)(=O)N2CCOCC2)c[nH]1. The van der Waals surface area contributed by atoms with Crippen molar-refractivity contribution in [1.82, 2.24) is 19.5 Å².